The Labute approximate surface area is 133 Å². The molecule has 1 amide bonds. The summed E-state index contributed by atoms with van der Waals surface area (Å²) in [4.78, 5) is 31.3. The highest BCUT2D eigenvalue weighted by Crippen LogP contribution is 2.18. The lowest BCUT2D eigenvalue weighted by Gasteiger charge is -2.15. The van der Waals surface area contributed by atoms with Crippen molar-refractivity contribution in [2.24, 2.45) is 0 Å². The smallest absolute Gasteiger partial charge is 0.261 e. The van der Waals surface area contributed by atoms with Gasteiger partial charge in [0.25, 0.3) is 11.5 Å². The van der Waals surface area contributed by atoms with E-state index >= 15 is 0 Å². The number of hydrogen-bond donors (Lipinski definition) is 2. The predicted octanol–water partition coefficient (Wildman–Crippen LogP) is 1.69. The minimum atomic E-state index is -0.421. The number of nitrogens with zero attached hydrogens (tertiary/aromatic N) is 2. The number of aromatic amines is 1. The van der Waals surface area contributed by atoms with Crippen LogP contribution in [0.2, 0.25) is 0 Å². The van der Waals surface area contributed by atoms with Gasteiger partial charge in [-0.2, -0.15) is 4.98 Å². The zero-order valence-electron chi connectivity index (χ0n) is 13.3. The van der Waals surface area contributed by atoms with Gasteiger partial charge in [0, 0.05) is 11.6 Å². The average Bonchev–Trinajstić information content (AvgIpc) is 3.01. The maximum absolute atomic E-state index is 12.2. The number of aromatic nitrogens is 3. The highest BCUT2D eigenvalue weighted by molar-refractivity contribution is 5.93. The van der Waals surface area contributed by atoms with E-state index in [9.17, 15) is 9.59 Å². The Bertz CT molecular complexity index is 776. The molecule has 7 heteroatoms. The van der Waals surface area contributed by atoms with Gasteiger partial charge in [-0.05, 0) is 37.3 Å². The molecule has 1 aliphatic carbocycles. The van der Waals surface area contributed by atoms with Gasteiger partial charge in [0.2, 0.25) is 5.89 Å². The van der Waals surface area contributed by atoms with Crippen LogP contribution in [0.25, 0.3) is 0 Å². The van der Waals surface area contributed by atoms with Gasteiger partial charge in [0.05, 0.1) is 6.54 Å². The number of carbonyl (C=O) groups excluding carboxylic acids is 1. The maximum atomic E-state index is 12.2. The van der Waals surface area contributed by atoms with E-state index in [1.807, 2.05) is 13.8 Å². The molecule has 0 aliphatic heterocycles. The van der Waals surface area contributed by atoms with Crippen LogP contribution >= 0.6 is 0 Å². The summed E-state index contributed by atoms with van der Waals surface area (Å²) < 4.78 is 5.08. The molecule has 2 N–H and O–H groups in total. The van der Waals surface area contributed by atoms with Gasteiger partial charge in [0.15, 0.2) is 5.82 Å². The van der Waals surface area contributed by atoms with Crippen LogP contribution in [-0.4, -0.2) is 21.0 Å². The van der Waals surface area contributed by atoms with E-state index in [-0.39, 0.29) is 23.6 Å². The van der Waals surface area contributed by atoms with Crippen molar-refractivity contribution in [1.29, 1.82) is 0 Å². The number of rotatable bonds is 4. The van der Waals surface area contributed by atoms with Gasteiger partial charge < -0.3 is 14.8 Å². The van der Waals surface area contributed by atoms with E-state index in [1.165, 1.54) is 0 Å². The van der Waals surface area contributed by atoms with Gasteiger partial charge in [-0.3, -0.25) is 9.59 Å². The van der Waals surface area contributed by atoms with Gasteiger partial charge >= 0.3 is 0 Å². The lowest BCUT2D eigenvalue weighted by atomic mass is 9.95. The number of fused-ring (bicyclic) bond motifs is 1. The zero-order chi connectivity index (χ0) is 16.4. The Morgan fingerprint density at radius 2 is 2.17 bits per heavy atom. The van der Waals surface area contributed by atoms with Crippen molar-refractivity contribution >= 4 is 5.91 Å². The Balaban J connectivity index is 1.71. The molecule has 7 nitrogen and oxygen atoms in total. The molecule has 0 radical (unpaired) electrons. The minimum absolute atomic E-state index is 0.131. The molecular formula is C16H20N4O3. The molecule has 0 bridgehead atoms. The normalized spacial score (nSPS) is 13.9. The summed E-state index contributed by atoms with van der Waals surface area (Å²) in [7, 11) is 0. The SMILES string of the molecule is CC(C)c1nc(CNC(=O)c2cc3c([nH]c2=O)CCCC3)no1. The number of pyridine rings is 1. The van der Waals surface area contributed by atoms with Crippen molar-refractivity contribution in [1.82, 2.24) is 20.4 Å². The van der Waals surface area contributed by atoms with E-state index in [0.717, 1.165) is 36.9 Å². The van der Waals surface area contributed by atoms with E-state index in [1.54, 1.807) is 6.07 Å². The summed E-state index contributed by atoms with van der Waals surface area (Å²) >= 11 is 0. The second kappa shape index (κ2) is 6.36. The summed E-state index contributed by atoms with van der Waals surface area (Å²) in [6, 6.07) is 1.71. The fourth-order valence-electron chi connectivity index (χ4n) is 2.67. The first-order valence-corrected chi connectivity index (χ1v) is 7.90. The molecule has 0 fully saturated rings. The first-order valence-electron chi connectivity index (χ1n) is 7.90. The first-order chi connectivity index (χ1) is 11.0. The van der Waals surface area contributed by atoms with Gasteiger partial charge in [-0.25, -0.2) is 0 Å². The first kappa shape index (κ1) is 15.5. The predicted molar refractivity (Wildman–Crippen MR) is 83.3 cm³/mol. The molecular weight excluding hydrogens is 296 g/mol. The molecule has 1 aliphatic rings. The average molecular weight is 316 g/mol. The van der Waals surface area contributed by atoms with Gasteiger partial charge in [-0.1, -0.05) is 19.0 Å². The third kappa shape index (κ3) is 3.33. The summed E-state index contributed by atoms with van der Waals surface area (Å²) in [6.07, 6.45) is 3.92. The molecule has 0 atom stereocenters. The Morgan fingerprint density at radius 1 is 1.39 bits per heavy atom. The lowest BCUT2D eigenvalue weighted by molar-refractivity contribution is 0.0948. The molecule has 0 saturated carbocycles. The van der Waals surface area contributed by atoms with Crippen molar-refractivity contribution in [3.8, 4) is 0 Å². The number of H-pyrrole nitrogens is 1. The molecule has 3 rings (SSSR count). The molecule has 2 aromatic rings. The van der Waals surface area contributed by atoms with Crippen LogP contribution in [0.3, 0.4) is 0 Å². The standard InChI is InChI=1S/C16H20N4O3/c1-9(2)16-19-13(20-23-16)8-17-14(21)11-7-10-5-3-4-6-12(10)18-15(11)22/h7,9H,3-6,8H2,1-2H3,(H,17,21)(H,18,22). The fourth-order valence-corrected chi connectivity index (χ4v) is 2.67. The molecule has 2 heterocycles. The van der Waals surface area contributed by atoms with Crippen LogP contribution in [0, 0.1) is 0 Å². The summed E-state index contributed by atoms with van der Waals surface area (Å²) in [5.74, 6) is 0.642. The van der Waals surface area contributed by atoms with Gasteiger partial charge in [-0.15, -0.1) is 0 Å². The monoisotopic (exact) mass is 316 g/mol. The Hall–Kier alpha value is -2.44. The summed E-state index contributed by atoms with van der Waals surface area (Å²) in [5.41, 5.74) is 1.80. The fraction of sp³-hybridized carbons (Fsp3) is 0.500. The van der Waals surface area contributed by atoms with Crippen LogP contribution < -0.4 is 10.9 Å². The number of amides is 1. The molecule has 122 valence electrons. The largest absolute Gasteiger partial charge is 0.344 e. The molecule has 0 unspecified atom stereocenters. The van der Waals surface area contributed by atoms with Crippen LogP contribution in [0.4, 0.5) is 0 Å². The highest BCUT2D eigenvalue weighted by Gasteiger charge is 2.18. The van der Waals surface area contributed by atoms with Crippen LogP contribution in [0.5, 0.6) is 0 Å². The quantitative estimate of drug-likeness (QED) is 0.894. The van der Waals surface area contributed by atoms with Crippen LogP contribution in [-0.2, 0) is 19.4 Å². The van der Waals surface area contributed by atoms with Crippen LogP contribution in [0.1, 0.15) is 65.9 Å². The Morgan fingerprint density at radius 3 is 2.91 bits per heavy atom. The van der Waals surface area contributed by atoms with Crippen LogP contribution in [0.15, 0.2) is 15.4 Å². The third-order valence-electron chi connectivity index (χ3n) is 3.97. The molecule has 0 saturated heterocycles. The molecule has 2 aromatic heterocycles. The third-order valence-corrected chi connectivity index (χ3v) is 3.97. The van der Waals surface area contributed by atoms with Crippen molar-refractivity contribution in [3.63, 3.8) is 0 Å². The molecule has 0 aromatic carbocycles. The van der Waals surface area contributed by atoms with Gasteiger partial charge in [0.1, 0.15) is 5.56 Å². The summed E-state index contributed by atoms with van der Waals surface area (Å²) in [5, 5.41) is 6.48. The minimum Gasteiger partial charge on any atom is -0.344 e. The van der Waals surface area contributed by atoms with Crippen molar-refractivity contribution in [2.75, 3.05) is 0 Å². The summed E-state index contributed by atoms with van der Waals surface area (Å²) in [6.45, 7) is 4.02. The second-order valence-electron chi connectivity index (χ2n) is 6.11. The maximum Gasteiger partial charge on any atom is 0.261 e. The highest BCUT2D eigenvalue weighted by atomic mass is 16.5. The lowest BCUT2D eigenvalue weighted by Crippen LogP contribution is -2.31. The van der Waals surface area contributed by atoms with E-state index in [2.05, 4.69) is 20.4 Å². The Kier molecular flexibility index (Phi) is 4.27. The van der Waals surface area contributed by atoms with Crippen molar-refractivity contribution in [2.45, 2.75) is 52.0 Å². The van der Waals surface area contributed by atoms with Crippen molar-refractivity contribution in [3.05, 3.63) is 45.0 Å². The zero-order valence-corrected chi connectivity index (χ0v) is 13.3. The van der Waals surface area contributed by atoms with Crippen molar-refractivity contribution < 1.29 is 9.32 Å². The van der Waals surface area contributed by atoms with E-state index in [0.29, 0.717) is 11.7 Å². The number of hydrogen-bond acceptors (Lipinski definition) is 5. The number of nitrogens with one attached hydrogen (secondary N) is 2. The molecule has 23 heavy (non-hydrogen) atoms. The second-order valence-corrected chi connectivity index (χ2v) is 6.11. The molecule has 0 spiro atoms. The van der Waals surface area contributed by atoms with E-state index in [4.69, 9.17) is 4.52 Å². The van der Waals surface area contributed by atoms with E-state index < -0.39 is 5.91 Å². The topological polar surface area (TPSA) is 101 Å². The number of carbonyl (C=O) groups is 1. The number of aryl methyl sites for hydroxylation is 2.